The fourth-order valence-corrected chi connectivity index (χ4v) is 1.96. The molecule has 0 atom stereocenters. The van der Waals surface area contributed by atoms with Crippen molar-refractivity contribution in [2.24, 2.45) is 0 Å². The molecule has 0 spiro atoms. The number of halogens is 2. The van der Waals surface area contributed by atoms with Gasteiger partial charge in [-0.25, -0.2) is 9.78 Å². The molecule has 6 heteroatoms. The molecular formula is C10H12ClIN2O2. The number of amides is 1. The molecule has 88 valence electrons. The van der Waals surface area contributed by atoms with Gasteiger partial charge in [-0.2, -0.15) is 0 Å². The summed E-state index contributed by atoms with van der Waals surface area (Å²) in [6, 6.07) is 1.63. The monoisotopic (exact) mass is 354 g/mol. The van der Waals surface area contributed by atoms with Crippen LogP contribution in [0.5, 0.6) is 0 Å². The van der Waals surface area contributed by atoms with Crippen LogP contribution in [0.25, 0.3) is 0 Å². The van der Waals surface area contributed by atoms with Crippen LogP contribution in [-0.4, -0.2) is 21.7 Å². The smallest absolute Gasteiger partial charge is 0.413 e. The summed E-state index contributed by atoms with van der Waals surface area (Å²) in [6.07, 6.45) is 0.460. The number of carbonyl (C=O) groups is 1. The van der Waals surface area contributed by atoms with Gasteiger partial charge in [0.1, 0.15) is 0 Å². The van der Waals surface area contributed by atoms with Crippen LogP contribution in [0, 0.1) is 3.57 Å². The molecule has 0 radical (unpaired) electrons. The summed E-state index contributed by atoms with van der Waals surface area (Å²) in [7, 11) is 0. The minimum absolute atomic E-state index is 0.369. The van der Waals surface area contributed by atoms with E-state index in [1.54, 1.807) is 26.8 Å². The van der Waals surface area contributed by atoms with Crippen molar-refractivity contribution in [2.75, 3.05) is 4.90 Å². The van der Waals surface area contributed by atoms with Gasteiger partial charge in [0.2, 0.25) is 0 Å². The molecule has 0 saturated heterocycles. The molecule has 0 saturated carbocycles. The Kier molecular flexibility index (Phi) is 4.01. The summed E-state index contributed by atoms with van der Waals surface area (Å²) in [5.41, 5.74) is -0.566. The van der Waals surface area contributed by atoms with Crippen molar-refractivity contribution in [2.45, 2.75) is 26.3 Å². The van der Waals surface area contributed by atoms with Gasteiger partial charge in [-0.05, 0) is 49.4 Å². The summed E-state index contributed by atoms with van der Waals surface area (Å²) in [5, 5.41) is 9.72. The van der Waals surface area contributed by atoms with E-state index in [-0.39, 0.29) is 0 Å². The van der Waals surface area contributed by atoms with Crippen molar-refractivity contribution < 1.29 is 9.90 Å². The molecule has 1 N–H and O–H groups in total. The first kappa shape index (κ1) is 13.5. The van der Waals surface area contributed by atoms with Crippen molar-refractivity contribution in [3.63, 3.8) is 0 Å². The maximum absolute atomic E-state index is 11.2. The second-order valence-corrected chi connectivity index (χ2v) is 5.71. The Bertz CT molecular complexity index is 418. The van der Waals surface area contributed by atoms with E-state index in [0.29, 0.717) is 14.4 Å². The van der Waals surface area contributed by atoms with Gasteiger partial charge in [0.15, 0.2) is 5.82 Å². The number of carboxylic acid groups (broad SMARTS) is 1. The normalized spacial score (nSPS) is 11.3. The Morgan fingerprint density at radius 3 is 2.56 bits per heavy atom. The fourth-order valence-electron chi connectivity index (χ4n) is 1.26. The second kappa shape index (κ2) is 4.75. The lowest BCUT2D eigenvalue weighted by Crippen LogP contribution is -2.46. The Morgan fingerprint density at radius 1 is 1.56 bits per heavy atom. The number of rotatable bonds is 1. The van der Waals surface area contributed by atoms with Gasteiger partial charge in [0.25, 0.3) is 0 Å². The number of anilines is 1. The Hall–Kier alpha value is -0.560. The lowest BCUT2D eigenvalue weighted by Gasteiger charge is -2.32. The van der Waals surface area contributed by atoms with Crippen LogP contribution in [0.1, 0.15) is 20.8 Å². The Labute approximate surface area is 113 Å². The third kappa shape index (κ3) is 2.76. The van der Waals surface area contributed by atoms with Crippen molar-refractivity contribution >= 4 is 46.1 Å². The van der Waals surface area contributed by atoms with E-state index < -0.39 is 11.6 Å². The third-order valence-corrected chi connectivity index (χ3v) is 3.59. The van der Waals surface area contributed by atoms with Crippen LogP contribution in [0.2, 0.25) is 5.02 Å². The zero-order valence-corrected chi connectivity index (χ0v) is 12.1. The number of aromatic nitrogens is 1. The number of pyridine rings is 1. The molecule has 16 heavy (non-hydrogen) atoms. The van der Waals surface area contributed by atoms with Gasteiger partial charge in [0.05, 0.1) is 8.59 Å². The number of nitrogens with zero attached hydrogens (tertiary/aromatic N) is 2. The highest BCUT2D eigenvalue weighted by atomic mass is 127. The summed E-state index contributed by atoms with van der Waals surface area (Å²) in [5.74, 6) is 0.369. The Morgan fingerprint density at radius 2 is 2.12 bits per heavy atom. The molecule has 0 unspecified atom stereocenters. The van der Waals surface area contributed by atoms with Gasteiger partial charge in [-0.3, -0.25) is 4.90 Å². The molecule has 1 rings (SSSR count). The number of hydrogen-bond donors (Lipinski definition) is 1. The average molecular weight is 355 g/mol. The van der Waals surface area contributed by atoms with Crippen molar-refractivity contribution in [1.82, 2.24) is 4.98 Å². The van der Waals surface area contributed by atoms with Gasteiger partial charge in [-0.1, -0.05) is 11.6 Å². The zero-order chi connectivity index (χ0) is 12.5. The van der Waals surface area contributed by atoms with Gasteiger partial charge >= 0.3 is 6.09 Å². The molecule has 0 bridgehead atoms. The molecule has 1 heterocycles. The molecule has 1 amide bonds. The van der Waals surface area contributed by atoms with E-state index in [4.69, 9.17) is 11.6 Å². The standard InChI is InChI=1S/C10H12ClIN2O2/c1-10(2,3)14(9(15)16)8-7(12)6(11)4-5-13-8/h4-5H,1-3H3,(H,15,16). The minimum Gasteiger partial charge on any atom is -0.465 e. The first-order chi connectivity index (χ1) is 7.25. The first-order valence-electron chi connectivity index (χ1n) is 4.58. The van der Waals surface area contributed by atoms with Crippen LogP contribution in [0.4, 0.5) is 10.6 Å². The molecule has 4 nitrogen and oxygen atoms in total. The highest BCUT2D eigenvalue weighted by Gasteiger charge is 2.30. The number of hydrogen-bond acceptors (Lipinski definition) is 2. The largest absolute Gasteiger partial charge is 0.465 e. The molecule has 0 aliphatic rings. The van der Waals surface area contributed by atoms with Crippen LogP contribution in [0.15, 0.2) is 12.3 Å². The molecule has 0 aliphatic heterocycles. The Balaban J connectivity index is 3.33. The van der Waals surface area contributed by atoms with E-state index in [9.17, 15) is 9.90 Å². The quantitative estimate of drug-likeness (QED) is 0.784. The van der Waals surface area contributed by atoms with Crippen LogP contribution < -0.4 is 4.90 Å². The molecule has 0 aliphatic carbocycles. The zero-order valence-electron chi connectivity index (χ0n) is 9.16. The predicted molar refractivity (Wildman–Crippen MR) is 72.2 cm³/mol. The van der Waals surface area contributed by atoms with E-state index >= 15 is 0 Å². The van der Waals surface area contributed by atoms with E-state index in [0.717, 1.165) is 0 Å². The fraction of sp³-hybridized carbons (Fsp3) is 0.400. The van der Waals surface area contributed by atoms with Gasteiger partial charge < -0.3 is 5.11 Å². The van der Waals surface area contributed by atoms with Crippen molar-refractivity contribution in [3.05, 3.63) is 20.9 Å². The van der Waals surface area contributed by atoms with Gasteiger partial charge in [-0.15, -0.1) is 0 Å². The third-order valence-electron chi connectivity index (χ3n) is 1.90. The summed E-state index contributed by atoms with van der Waals surface area (Å²) in [4.78, 5) is 16.5. The molecular weight excluding hydrogens is 342 g/mol. The minimum atomic E-state index is -1.04. The van der Waals surface area contributed by atoms with E-state index in [2.05, 4.69) is 4.98 Å². The van der Waals surface area contributed by atoms with E-state index in [1.807, 2.05) is 22.6 Å². The lowest BCUT2D eigenvalue weighted by molar-refractivity contribution is 0.195. The summed E-state index contributed by atoms with van der Waals surface area (Å²) in [6.45, 7) is 5.42. The summed E-state index contributed by atoms with van der Waals surface area (Å²) >= 11 is 7.94. The maximum Gasteiger partial charge on any atom is 0.413 e. The topological polar surface area (TPSA) is 53.4 Å². The highest BCUT2D eigenvalue weighted by Crippen LogP contribution is 2.30. The molecule has 1 aromatic rings. The maximum atomic E-state index is 11.2. The van der Waals surface area contributed by atoms with Crippen LogP contribution in [-0.2, 0) is 0 Å². The van der Waals surface area contributed by atoms with Crippen molar-refractivity contribution in [3.8, 4) is 0 Å². The van der Waals surface area contributed by atoms with Crippen molar-refractivity contribution in [1.29, 1.82) is 0 Å². The van der Waals surface area contributed by atoms with Gasteiger partial charge in [0, 0.05) is 11.7 Å². The summed E-state index contributed by atoms with van der Waals surface area (Å²) < 4.78 is 0.638. The van der Waals surface area contributed by atoms with E-state index in [1.165, 1.54) is 11.1 Å². The lowest BCUT2D eigenvalue weighted by atomic mass is 10.1. The molecule has 0 fully saturated rings. The predicted octanol–water partition coefficient (Wildman–Crippen LogP) is 3.62. The van der Waals surface area contributed by atoms with Crippen LogP contribution in [0.3, 0.4) is 0 Å². The SMILES string of the molecule is CC(C)(C)N(C(=O)O)c1nccc(Cl)c1I. The average Bonchev–Trinajstić information content (AvgIpc) is 2.09. The molecule has 0 aromatic carbocycles. The second-order valence-electron chi connectivity index (χ2n) is 4.22. The molecule has 1 aromatic heterocycles. The van der Waals surface area contributed by atoms with Crippen LogP contribution >= 0.6 is 34.2 Å². The first-order valence-corrected chi connectivity index (χ1v) is 6.04. The highest BCUT2D eigenvalue weighted by molar-refractivity contribution is 14.1.